The molecule has 0 heterocycles. The van der Waals surface area contributed by atoms with E-state index in [2.05, 4.69) is 16.9 Å². The van der Waals surface area contributed by atoms with Gasteiger partial charge in [-0.1, -0.05) is 0 Å². The van der Waals surface area contributed by atoms with Crippen LogP contribution in [0.3, 0.4) is 0 Å². The number of benzene rings is 1. The summed E-state index contributed by atoms with van der Waals surface area (Å²) < 4.78 is 5.94. The first-order valence-electron chi connectivity index (χ1n) is 3.66. The van der Waals surface area contributed by atoms with Crippen molar-refractivity contribution >= 4 is 25.9 Å². The molecular formula is C9H10O2Se. The van der Waals surface area contributed by atoms with Gasteiger partial charge in [-0.2, -0.15) is 0 Å². The normalized spacial score (nSPS) is 9.33. The summed E-state index contributed by atoms with van der Waals surface area (Å²) >= 11 is 0.435. The minimum absolute atomic E-state index is 0.435. The van der Waals surface area contributed by atoms with Crippen LogP contribution in [0.4, 0.5) is 0 Å². The van der Waals surface area contributed by atoms with Crippen LogP contribution in [0.15, 0.2) is 30.3 Å². The molecular weight excluding hydrogens is 219 g/mol. The van der Waals surface area contributed by atoms with Crippen LogP contribution in [0, 0.1) is 0 Å². The van der Waals surface area contributed by atoms with Crippen LogP contribution >= 0.6 is 0 Å². The summed E-state index contributed by atoms with van der Waals surface area (Å²) in [6.45, 7) is 1.04. The van der Waals surface area contributed by atoms with E-state index in [1.165, 1.54) is 4.46 Å². The Hall–Kier alpha value is -0.791. The summed E-state index contributed by atoms with van der Waals surface area (Å²) in [6, 6.07) is 10.2. The first kappa shape index (κ1) is 9.30. The Kier molecular flexibility index (Phi) is 4.50. The number of hydrogen-bond acceptors (Lipinski definition) is 2. The third-order valence-corrected chi connectivity index (χ3v) is 3.33. The average molecular weight is 229 g/mol. The van der Waals surface area contributed by atoms with E-state index in [9.17, 15) is 4.79 Å². The fraction of sp³-hybridized carbons (Fsp3) is 0.222. The molecule has 0 saturated carbocycles. The molecule has 0 aliphatic heterocycles. The van der Waals surface area contributed by atoms with Crippen molar-refractivity contribution in [1.29, 1.82) is 0 Å². The molecule has 64 valence electrons. The van der Waals surface area contributed by atoms with E-state index in [-0.39, 0.29) is 0 Å². The summed E-state index contributed by atoms with van der Waals surface area (Å²) in [6.07, 6.45) is 0. The first-order chi connectivity index (χ1) is 5.93. The molecule has 0 N–H and O–H groups in total. The van der Waals surface area contributed by atoms with Crippen LogP contribution in [0.1, 0.15) is 0 Å². The van der Waals surface area contributed by atoms with E-state index >= 15 is 0 Å². The maximum absolute atomic E-state index is 9.80. The monoisotopic (exact) mass is 230 g/mol. The molecule has 0 bridgehead atoms. The predicted molar refractivity (Wildman–Crippen MR) is 48.7 cm³/mol. The molecule has 0 aliphatic rings. The van der Waals surface area contributed by atoms with E-state index in [0.717, 1.165) is 5.32 Å². The van der Waals surface area contributed by atoms with Crippen molar-refractivity contribution < 1.29 is 9.53 Å². The zero-order chi connectivity index (χ0) is 8.65. The third kappa shape index (κ3) is 3.56. The second kappa shape index (κ2) is 5.81. The van der Waals surface area contributed by atoms with E-state index in [4.69, 9.17) is 0 Å². The van der Waals surface area contributed by atoms with E-state index in [0.29, 0.717) is 28.0 Å². The van der Waals surface area contributed by atoms with Gasteiger partial charge in [-0.15, -0.1) is 0 Å². The summed E-state index contributed by atoms with van der Waals surface area (Å²) in [4.78, 5) is 9.80. The molecule has 0 radical (unpaired) electrons. The van der Waals surface area contributed by atoms with Gasteiger partial charge in [0.15, 0.2) is 0 Å². The Balaban J connectivity index is 2.20. The number of carbonyl (C=O) groups excluding carboxylic acids is 1. The van der Waals surface area contributed by atoms with Gasteiger partial charge in [-0.05, 0) is 0 Å². The standard InChI is InChI=1S/C9H10O2Se/c10-8-11-6-7-12-9-4-2-1-3-5-9/h1-5,8H,6-7H2. The Morgan fingerprint density at radius 3 is 2.75 bits per heavy atom. The van der Waals surface area contributed by atoms with Gasteiger partial charge in [0, 0.05) is 0 Å². The molecule has 0 atom stereocenters. The molecule has 12 heavy (non-hydrogen) atoms. The van der Waals surface area contributed by atoms with Crippen LogP contribution in [0.25, 0.3) is 0 Å². The van der Waals surface area contributed by atoms with Crippen LogP contribution in [0.2, 0.25) is 5.32 Å². The van der Waals surface area contributed by atoms with Gasteiger partial charge in [0.2, 0.25) is 0 Å². The van der Waals surface area contributed by atoms with Crippen molar-refractivity contribution in [2.24, 2.45) is 0 Å². The van der Waals surface area contributed by atoms with Gasteiger partial charge in [0.05, 0.1) is 0 Å². The average Bonchev–Trinajstić information content (AvgIpc) is 2.14. The first-order valence-corrected chi connectivity index (χ1v) is 5.73. The Morgan fingerprint density at radius 1 is 1.33 bits per heavy atom. The second-order valence-corrected chi connectivity index (χ2v) is 4.58. The molecule has 0 amide bonds. The molecule has 1 aromatic rings. The van der Waals surface area contributed by atoms with Gasteiger partial charge >= 0.3 is 77.7 Å². The summed E-state index contributed by atoms with van der Waals surface area (Å²) in [7, 11) is 0. The number of carbonyl (C=O) groups is 1. The minimum atomic E-state index is 0.435. The van der Waals surface area contributed by atoms with E-state index in [1.54, 1.807) is 0 Å². The van der Waals surface area contributed by atoms with Gasteiger partial charge in [-0.25, -0.2) is 0 Å². The zero-order valence-electron chi connectivity index (χ0n) is 6.60. The van der Waals surface area contributed by atoms with Crippen molar-refractivity contribution in [2.75, 3.05) is 6.61 Å². The topological polar surface area (TPSA) is 26.3 Å². The Bertz CT molecular complexity index is 223. The molecule has 0 aromatic heterocycles. The summed E-state index contributed by atoms with van der Waals surface area (Å²) in [5.41, 5.74) is 0. The van der Waals surface area contributed by atoms with Gasteiger partial charge in [0.25, 0.3) is 0 Å². The fourth-order valence-corrected chi connectivity index (χ4v) is 2.38. The number of rotatable bonds is 5. The van der Waals surface area contributed by atoms with Crippen molar-refractivity contribution in [3.63, 3.8) is 0 Å². The molecule has 3 heteroatoms. The van der Waals surface area contributed by atoms with Crippen molar-refractivity contribution in [3.8, 4) is 0 Å². The predicted octanol–water partition coefficient (Wildman–Crippen LogP) is 0.607. The van der Waals surface area contributed by atoms with Crippen LogP contribution in [-0.4, -0.2) is 28.0 Å². The van der Waals surface area contributed by atoms with Gasteiger partial charge < -0.3 is 0 Å². The maximum atomic E-state index is 9.80. The molecule has 0 saturated heterocycles. The summed E-state index contributed by atoms with van der Waals surface area (Å²) in [5.74, 6) is 0. The van der Waals surface area contributed by atoms with Gasteiger partial charge in [0.1, 0.15) is 0 Å². The van der Waals surface area contributed by atoms with Crippen LogP contribution in [0.5, 0.6) is 0 Å². The van der Waals surface area contributed by atoms with E-state index in [1.807, 2.05) is 18.2 Å². The molecule has 1 rings (SSSR count). The number of hydrogen-bond donors (Lipinski definition) is 0. The molecule has 0 aliphatic carbocycles. The van der Waals surface area contributed by atoms with Crippen LogP contribution < -0.4 is 4.46 Å². The SMILES string of the molecule is O=COCC[Se]c1ccccc1. The zero-order valence-corrected chi connectivity index (χ0v) is 8.32. The molecule has 2 nitrogen and oxygen atoms in total. The van der Waals surface area contributed by atoms with Crippen molar-refractivity contribution in [1.82, 2.24) is 0 Å². The Labute approximate surface area is 78.1 Å². The van der Waals surface area contributed by atoms with Crippen molar-refractivity contribution in [3.05, 3.63) is 30.3 Å². The molecule has 1 aromatic carbocycles. The molecule has 0 unspecified atom stereocenters. The van der Waals surface area contributed by atoms with Crippen molar-refractivity contribution in [2.45, 2.75) is 5.32 Å². The molecule has 0 spiro atoms. The van der Waals surface area contributed by atoms with Crippen LogP contribution in [-0.2, 0) is 9.53 Å². The summed E-state index contributed by atoms with van der Waals surface area (Å²) in [5, 5.41) is 0.954. The third-order valence-electron chi connectivity index (χ3n) is 1.28. The van der Waals surface area contributed by atoms with Gasteiger partial charge in [-0.3, -0.25) is 0 Å². The van der Waals surface area contributed by atoms with E-state index < -0.39 is 0 Å². The quantitative estimate of drug-likeness (QED) is 0.420. The number of ether oxygens (including phenoxy) is 1. The molecule has 0 fully saturated rings. The fourth-order valence-electron chi connectivity index (χ4n) is 0.772. The Morgan fingerprint density at radius 2 is 2.08 bits per heavy atom. The second-order valence-electron chi connectivity index (χ2n) is 2.13.